The second kappa shape index (κ2) is 9.30. The first-order chi connectivity index (χ1) is 12.8. The number of anilines is 1. The maximum Gasteiger partial charge on any atom is 0.272 e. The summed E-state index contributed by atoms with van der Waals surface area (Å²) in [5.41, 5.74) is 0.993. The molecule has 0 fully saturated rings. The number of benzene rings is 2. The summed E-state index contributed by atoms with van der Waals surface area (Å²) in [5, 5.41) is 5.88. The Bertz CT molecular complexity index is 897. The van der Waals surface area contributed by atoms with Gasteiger partial charge in [-0.2, -0.15) is 0 Å². The number of hydrogen-bond acceptors (Lipinski definition) is 4. The monoisotopic (exact) mass is 408 g/mol. The molecular formula is C19H18Cl2N2O4. The zero-order valence-corrected chi connectivity index (χ0v) is 16.4. The summed E-state index contributed by atoms with van der Waals surface area (Å²) < 4.78 is 10.4. The lowest BCUT2D eigenvalue weighted by molar-refractivity contribution is -0.120. The molecule has 0 atom stereocenters. The number of carbonyl (C=O) groups is 2. The van der Waals surface area contributed by atoms with Gasteiger partial charge in [0.15, 0.2) is 11.5 Å². The predicted octanol–water partition coefficient (Wildman–Crippen LogP) is 4.13. The first-order valence-corrected chi connectivity index (χ1v) is 8.57. The van der Waals surface area contributed by atoms with E-state index >= 15 is 0 Å². The van der Waals surface area contributed by atoms with E-state index in [1.54, 1.807) is 30.3 Å². The molecule has 2 rings (SSSR count). The fourth-order valence-electron chi connectivity index (χ4n) is 2.24. The Balaban J connectivity index is 2.36. The summed E-state index contributed by atoms with van der Waals surface area (Å²) in [7, 11) is 3.03. The average Bonchev–Trinajstić information content (AvgIpc) is 2.63. The topological polar surface area (TPSA) is 76.7 Å². The standard InChI is InChI=1S/C19H18Cl2N2O4/c1-11(24)22-16(8-12-4-7-17(26-2)18(9-12)27-3)19(25)23-15-10-13(20)5-6-14(15)21/h4-10H,1-3H3,(H,22,24)(H,23,25). The molecule has 6 nitrogen and oxygen atoms in total. The highest BCUT2D eigenvalue weighted by Gasteiger charge is 2.14. The van der Waals surface area contributed by atoms with Crippen molar-refractivity contribution in [2.75, 3.05) is 19.5 Å². The smallest absolute Gasteiger partial charge is 0.272 e. The molecule has 0 unspecified atom stereocenters. The van der Waals surface area contributed by atoms with Gasteiger partial charge in [-0.1, -0.05) is 29.3 Å². The lowest BCUT2D eigenvalue weighted by Gasteiger charge is -2.12. The fourth-order valence-corrected chi connectivity index (χ4v) is 2.58. The Hall–Kier alpha value is -2.70. The third-order valence-corrected chi connectivity index (χ3v) is 4.02. The van der Waals surface area contributed by atoms with Gasteiger partial charge in [0.25, 0.3) is 5.91 Å². The minimum absolute atomic E-state index is 0.0331. The Kier molecular flexibility index (Phi) is 7.10. The van der Waals surface area contributed by atoms with E-state index in [1.165, 1.54) is 33.3 Å². The average molecular weight is 409 g/mol. The molecule has 0 radical (unpaired) electrons. The van der Waals surface area contributed by atoms with Crippen LogP contribution >= 0.6 is 23.2 Å². The van der Waals surface area contributed by atoms with Crippen molar-refractivity contribution in [3.8, 4) is 11.5 Å². The van der Waals surface area contributed by atoms with E-state index < -0.39 is 11.8 Å². The van der Waals surface area contributed by atoms with Crippen molar-refractivity contribution in [2.45, 2.75) is 6.92 Å². The van der Waals surface area contributed by atoms with E-state index in [4.69, 9.17) is 32.7 Å². The molecule has 0 saturated heterocycles. The highest BCUT2D eigenvalue weighted by molar-refractivity contribution is 6.36. The summed E-state index contributed by atoms with van der Waals surface area (Å²) in [5.74, 6) is 0.0934. The van der Waals surface area contributed by atoms with Crippen molar-refractivity contribution < 1.29 is 19.1 Å². The van der Waals surface area contributed by atoms with E-state index in [0.29, 0.717) is 32.8 Å². The number of amides is 2. The van der Waals surface area contributed by atoms with E-state index in [-0.39, 0.29) is 5.70 Å². The predicted molar refractivity (Wildman–Crippen MR) is 106 cm³/mol. The second-order valence-corrected chi connectivity index (χ2v) is 6.28. The van der Waals surface area contributed by atoms with Crippen LogP contribution in [0.3, 0.4) is 0 Å². The molecule has 2 amide bonds. The van der Waals surface area contributed by atoms with Crippen molar-refractivity contribution in [3.63, 3.8) is 0 Å². The van der Waals surface area contributed by atoms with Crippen LogP contribution in [0, 0.1) is 0 Å². The van der Waals surface area contributed by atoms with Crippen LogP contribution in [-0.4, -0.2) is 26.0 Å². The number of nitrogens with one attached hydrogen (secondary N) is 2. The molecule has 0 aliphatic carbocycles. The third-order valence-electron chi connectivity index (χ3n) is 3.45. The van der Waals surface area contributed by atoms with E-state index in [9.17, 15) is 9.59 Å². The van der Waals surface area contributed by atoms with Crippen LogP contribution in [0.15, 0.2) is 42.1 Å². The van der Waals surface area contributed by atoms with Crippen LogP contribution < -0.4 is 20.1 Å². The van der Waals surface area contributed by atoms with Crippen LogP contribution in [0.25, 0.3) is 6.08 Å². The molecule has 8 heteroatoms. The quantitative estimate of drug-likeness (QED) is 0.704. The number of halogens is 2. The van der Waals surface area contributed by atoms with E-state index in [1.807, 2.05) is 0 Å². The number of ether oxygens (including phenoxy) is 2. The van der Waals surface area contributed by atoms with Gasteiger partial charge < -0.3 is 20.1 Å². The number of hydrogen-bond donors (Lipinski definition) is 2. The minimum atomic E-state index is -0.552. The van der Waals surface area contributed by atoms with Crippen LogP contribution in [0.1, 0.15) is 12.5 Å². The maximum absolute atomic E-state index is 12.6. The molecule has 0 spiro atoms. The minimum Gasteiger partial charge on any atom is -0.493 e. The van der Waals surface area contributed by atoms with Gasteiger partial charge in [-0.25, -0.2) is 0 Å². The third kappa shape index (κ3) is 5.64. The molecule has 142 valence electrons. The van der Waals surface area contributed by atoms with Crippen LogP contribution in [0.5, 0.6) is 11.5 Å². The molecule has 2 N–H and O–H groups in total. The Morgan fingerprint density at radius 2 is 1.70 bits per heavy atom. The molecule has 0 aliphatic rings. The van der Waals surface area contributed by atoms with E-state index in [2.05, 4.69) is 10.6 Å². The molecule has 27 heavy (non-hydrogen) atoms. The van der Waals surface area contributed by atoms with Gasteiger partial charge in [0.1, 0.15) is 5.70 Å². The van der Waals surface area contributed by atoms with Gasteiger partial charge in [0, 0.05) is 11.9 Å². The molecule has 2 aromatic rings. The molecule has 0 aromatic heterocycles. The molecule has 2 aromatic carbocycles. The zero-order valence-electron chi connectivity index (χ0n) is 14.9. The zero-order chi connectivity index (χ0) is 20.0. The van der Waals surface area contributed by atoms with Crippen LogP contribution in [0.4, 0.5) is 5.69 Å². The van der Waals surface area contributed by atoms with Gasteiger partial charge >= 0.3 is 0 Å². The number of methoxy groups -OCH3 is 2. The Morgan fingerprint density at radius 3 is 2.33 bits per heavy atom. The summed E-state index contributed by atoms with van der Waals surface area (Å²) in [6.45, 7) is 1.31. The van der Waals surface area contributed by atoms with Gasteiger partial charge in [-0.3, -0.25) is 9.59 Å². The van der Waals surface area contributed by atoms with Crippen LogP contribution in [0.2, 0.25) is 10.0 Å². The van der Waals surface area contributed by atoms with Crippen LogP contribution in [-0.2, 0) is 9.59 Å². The number of rotatable bonds is 6. The first-order valence-electron chi connectivity index (χ1n) is 7.81. The summed E-state index contributed by atoms with van der Waals surface area (Å²) in [6, 6.07) is 9.79. The number of carbonyl (C=O) groups excluding carboxylic acids is 2. The molecule has 0 aliphatic heterocycles. The van der Waals surface area contributed by atoms with Crippen molar-refractivity contribution in [3.05, 3.63) is 57.7 Å². The lowest BCUT2D eigenvalue weighted by atomic mass is 10.1. The molecule has 0 saturated carbocycles. The molecule has 0 heterocycles. The summed E-state index contributed by atoms with van der Waals surface area (Å²) >= 11 is 12.0. The maximum atomic E-state index is 12.6. The molecular weight excluding hydrogens is 391 g/mol. The van der Waals surface area contributed by atoms with Crippen molar-refractivity contribution in [1.82, 2.24) is 5.32 Å². The highest BCUT2D eigenvalue weighted by atomic mass is 35.5. The van der Waals surface area contributed by atoms with Crippen molar-refractivity contribution in [1.29, 1.82) is 0 Å². The van der Waals surface area contributed by atoms with Crippen molar-refractivity contribution >= 4 is 46.8 Å². The SMILES string of the molecule is COc1ccc(C=C(NC(C)=O)C(=O)Nc2cc(Cl)ccc2Cl)cc1OC. The van der Waals surface area contributed by atoms with Crippen molar-refractivity contribution in [2.24, 2.45) is 0 Å². The normalized spacial score (nSPS) is 10.9. The molecule has 0 bridgehead atoms. The summed E-state index contributed by atoms with van der Waals surface area (Å²) in [6.07, 6.45) is 1.51. The Morgan fingerprint density at radius 1 is 1.00 bits per heavy atom. The largest absolute Gasteiger partial charge is 0.493 e. The van der Waals surface area contributed by atoms with Gasteiger partial charge in [0.2, 0.25) is 5.91 Å². The highest BCUT2D eigenvalue weighted by Crippen LogP contribution is 2.29. The van der Waals surface area contributed by atoms with Gasteiger partial charge in [-0.15, -0.1) is 0 Å². The summed E-state index contributed by atoms with van der Waals surface area (Å²) in [4.78, 5) is 24.2. The second-order valence-electron chi connectivity index (χ2n) is 5.43. The lowest BCUT2D eigenvalue weighted by Crippen LogP contribution is -2.29. The van der Waals surface area contributed by atoms with Gasteiger partial charge in [-0.05, 0) is 42.0 Å². The first kappa shape index (κ1) is 20.6. The Labute approximate surface area is 167 Å². The van der Waals surface area contributed by atoms with E-state index in [0.717, 1.165) is 0 Å². The van der Waals surface area contributed by atoms with Gasteiger partial charge in [0.05, 0.1) is 24.9 Å². The fraction of sp³-hybridized carbons (Fsp3) is 0.158.